The van der Waals surface area contributed by atoms with Crippen molar-refractivity contribution in [3.05, 3.63) is 225 Å². The fraction of sp³-hybridized carbons (Fsp3) is 0. The van der Waals surface area contributed by atoms with E-state index >= 15 is 0 Å². The van der Waals surface area contributed by atoms with Gasteiger partial charge in [0, 0.05) is 37.8 Å². The Balaban J connectivity index is 0.845. The van der Waals surface area contributed by atoms with Gasteiger partial charge in [0.2, 0.25) is 0 Å². The fourth-order valence-corrected chi connectivity index (χ4v) is 12.4. The summed E-state index contributed by atoms with van der Waals surface area (Å²) in [6.07, 6.45) is 1.98. The molecule has 68 heavy (non-hydrogen) atoms. The molecule has 0 unspecified atom stereocenters. The van der Waals surface area contributed by atoms with Crippen LogP contribution in [0.2, 0.25) is 0 Å². The summed E-state index contributed by atoms with van der Waals surface area (Å²) in [7, 11) is 0. The van der Waals surface area contributed by atoms with Gasteiger partial charge in [-0.1, -0.05) is 200 Å². The van der Waals surface area contributed by atoms with Crippen molar-refractivity contribution in [3.63, 3.8) is 0 Å². The molecule has 0 radical (unpaired) electrons. The van der Waals surface area contributed by atoms with Gasteiger partial charge in [0.05, 0.1) is 26.9 Å². The van der Waals surface area contributed by atoms with E-state index in [9.17, 15) is 0 Å². The van der Waals surface area contributed by atoms with Crippen molar-refractivity contribution in [2.75, 3.05) is 0 Å². The summed E-state index contributed by atoms with van der Waals surface area (Å²) >= 11 is 1.86. The van der Waals surface area contributed by atoms with Gasteiger partial charge in [-0.15, -0.1) is 11.3 Å². The molecule has 314 valence electrons. The van der Waals surface area contributed by atoms with E-state index in [4.69, 9.17) is 9.97 Å². The van der Waals surface area contributed by atoms with Crippen LogP contribution < -0.4 is 0 Å². The number of hydrogen-bond donors (Lipinski definition) is 0. The minimum Gasteiger partial charge on any atom is -0.291 e. The Bertz CT molecular complexity index is 4600. The lowest BCUT2D eigenvalue weighted by molar-refractivity contribution is 1.25. The molecule has 0 spiro atoms. The highest BCUT2D eigenvalue weighted by Crippen LogP contribution is 2.45. The summed E-state index contributed by atoms with van der Waals surface area (Å²) in [5.41, 5.74) is 13.6. The predicted octanol–water partition coefficient (Wildman–Crippen LogP) is 17.8. The van der Waals surface area contributed by atoms with Crippen LogP contribution in [0.3, 0.4) is 0 Å². The zero-order valence-corrected chi connectivity index (χ0v) is 37.4. The Morgan fingerprint density at radius 2 is 0.882 bits per heavy atom. The van der Waals surface area contributed by atoms with Crippen molar-refractivity contribution >= 4 is 113 Å². The smallest absolute Gasteiger partial charge is 0.156 e. The molecule has 0 saturated carbocycles. The fourth-order valence-electron chi connectivity index (χ4n) is 11.1. The Hall–Kier alpha value is -8.70. The van der Waals surface area contributed by atoms with Crippen LogP contribution >= 0.6 is 11.3 Å². The summed E-state index contributed by atoms with van der Waals surface area (Å²) < 4.78 is 4.92. The maximum atomic E-state index is 5.58. The number of imidazole rings is 1. The first-order chi connectivity index (χ1) is 33.7. The predicted molar refractivity (Wildman–Crippen MR) is 290 cm³/mol. The first-order valence-corrected chi connectivity index (χ1v) is 24.0. The topological polar surface area (TPSA) is 30.2 Å². The van der Waals surface area contributed by atoms with Gasteiger partial charge < -0.3 is 0 Å². The molecule has 4 aromatic heterocycles. The van der Waals surface area contributed by atoms with E-state index < -0.39 is 0 Å². The molecule has 4 heterocycles. The number of benzene rings is 11. The minimum atomic E-state index is 1.00. The van der Waals surface area contributed by atoms with Crippen molar-refractivity contribution in [2.24, 2.45) is 0 Å². The minimum absolute atomic E-state index is 1.00. The average molecular weight is 880 g/mol. The molecule has 15 rings (SSSR count). The molecule has 0 bridgehead atoms. The first kappa shape index (κ1) is 37.5. The molecule has 15 aromatic rings. The quantitative estimate of drug-likeness (QED) is 0.165. The molecule has 0 amide bonds. The van der Waals surface area contributed by atoms with Gasteiger partial charge in [-0.2, -0.15) is 0 Å². The number of aromatic nitrogens is 3. The normalized spacial score (nSPS) is 12.1. The summed E-state index contributed by atoms with van der Waals surface area (Å²) in [5, 5.41) is 16.0. The number of fused-ring (bicyclic) bond motifs is 17. The standard InChI is InChI=1S/C64H37N3S/c1-4-12-46-39(9-1)25-29-55-53(46)33-34-59-61(55)66-64-63-57(56-30-26-40-10-2-6-14-50(40)62(56)68-63)36-60(67(59)64)43-23-21-42(22-24-43)49-32-31-48(51-15-7-8-16-52(49)51)41-19-17-38(18-20-41)44-27-28-54-47-13-5-3-11-45(47)37-65-58(54)35-44/h1-37H. The van der Waals surface area contributed by atoms with E-state index in [0.29, 0.717) is 0 Å². The molecule has 0 aliphatic rings. The highest BCUT2D eigenvalue weighted by atomic mass is 32.1. The van der Waals surface area contributed by atoms with E-state index in [1.54, 1.807) is 0 Å². The number of hydrogen-bond acceptors (Lipinski definition) is 3. The van der Waals surface area contributed by atoms with Crippen molar-refractivity contribution in [3.8, 4) is 44.6 Å². The van der Waals surface area contributed by atoms with Crippen LogP contribution in [0.1, 0.15) is 0 Å². The third-order valence-electron chi connectivity index (χ3n) is 14.4. The Labute approximate surface area is 394 Å². The van der Waals surface area contributed by atoms with Gasteiger partial charge in [0.25, 0.3) is 0 Å². The maximum absolute atomic E-state index is 5.58. The molecular weight excluding hydrogens is 843 g/mol. The molecule has 0 aliphatic carbocycles. The third-order valence-corrected chi connectivity index (χ3v) is 15.7. The number of thiophene rings is 1. The van der Waals surface area contributed by atoms with E-state index in [0.717, 1.165) is 44.4 Å². The van der Waals surface area contributed by atoms with Crippen molar-refractivity contribution in [1.82, 2.24) is 14.4 Å². The number of nitrogens with zero attached hydrogens (tertiary/aromatic N) is 3. The molecular formula is C64H37N3S. The van der Waals surface area contributed by atoms with Gasteiger partial charge in [0.15, 0.2) is 5.65 Å². The zero-order chi connectivity index (χ0) is 44.5. The van der Waals surface area contributed by atoms with Gasteiger partial charge in [-0.3, -0.25) is 9.38 Å². The largest absolute Gasteiger partial charge is 0.291 e. The van der Waals surface area contributed by atoms with Crippen LogP contribution in [-0.4, -0.2) is 14.4 Å². The molecule has 3 nitrogen and oxygen atoms in total. The van der Waals surface area contributed by atoms with E-state index in [1.165, 1.54) is 102 Å². The molecule has 0 aliphatic heterocycles. The molecule has 0 N–H and O–H groups in total. The first-order valence-electron chi connectivity index (χ1n) is 23.2. The molecule has 11 aromatic carbocycles. The molecule has 4 heteroatoms. The maximum Gasteiger partial charge on any atom is 0.156 e. The lowest BCUT2D eigenvalue weighted by atomic mass is 9.91. The van der Waals surface area contributed by atoms with Gasteiger partial charge >= 0.3 is 0 Å². The summed E-state index contributed by atoms with van der Waals surface area (Å²) in [6, 6.07) is 80.1. The SMILES string of the molecule is c1ccc2c(c1)cnc1cc(-c3ccc(-c4ccc(-c5ccc(-c6cc7c8ccc9ccccc9c8sc7c7nc8c9ccc%10ccccc%10c9ccc8n67)cc5)c5ccccc45)cc3)ccc12. The van der Waals surface area contributed by atoms with Crippen molar-refractivity contribution < 1.29 is 0 Å². The highest BCUT2D eigenvalue weighted by Gasteiger charge is 2.21. The number of pyridine rings is 2. The summed E-state index contributed by atoms with van der Waals surface area (Å²) in [4.78, 5) is 10.4. The van der Waals surface area contributed by atoms with E-state index in [2.05, 4.69) is 223 Å². The van der Waals surface area contributed by atoms with Crippen LogP contribution in [0, 0.1) is 0 Å². The second-order valence-corrected chi connectivity index (χ2v) is 19.1. The summed E-state index contributed by atoms with van der Waals surface area (Å²) in [6.45, 7) is 0. The molecule has 0 saturated heterocycles. The third kappa shape index (κ3) is 5.53. The van der Waals surface area contributed by atoms with Crippen molar-refractivity contribution in [2.45, 2.75) is 0 Å². The average Bonchev–Trinajstić information content (AvgIpc) is 4.00. The van der Waals surface area contributed by atoms with Crippen LogP contribution in [0.4, 0.5) is 0 Å². The van der Waals surface area contributed by atoms with Crippen LogP contribution in [0.5, 0.6) is 0 Å². The Morgan fingerprint density at radius 3 is 1.60 bits per heavy atom. The van der Waals surface area contributed by atoms with Gasteiger partial charge in [-0.05, 0) is 100 Å². The molecule has 0 atom stereocenters. The summed E-state index contributed by atoms with van der Waals surface area (Å²) in [5.74, 6) is 0. The van der Waals surface area contributed by atoms with E-state index in [1.807, 2.05) is 17.5 Å². The Morgan fingerprint density at radius 1 is 0.338 bits per heavy atom. The lowest BCUT2D eigenvalue weighted by Gasteiger charge is -2.14. The lowest BCUT2D eigenvalue weighted by Crippen LogP contribution is -1.93. The Kier molecular flexibility index (Phi) is 7.94. The van der Waals surface area contributed by atoms with Crippen LogP contribution in [0.25, 0.3) is 146 Å². The zero-order valence-electron chi connectivity index (χ0n) is 36.6. The second kappa shape index (κ2) is 14.4. The van der Waals surface area contributed by atoms with Crippen molar-refractivity contribution in [1.29, 1.82) is 0 Å². The van der Waals surface area contributed by atoms with Crippen LogP contribution in [-0.2, 0) is 0 Å². The second-order valence-electron chi connectivity index (χ2n) is 18.1. The van der Waals surface area contributed by atoms with Crippen LogP contribution in [0.15, 0.2) is 225 Å². The van der Waals surface area contributed by atoms with Gasteiger partial charge in [0.1, 0.15) is 0 Å². The van der Waals surface area contributed by atoms with E-state index in [-0.39, 0.29) is 0 Å². The highest BCUT2D eigenvalue weighted by molar-refractivity contribution is 7.27. The van der Waals surface area contributed by atoms with Gasteiger partial charge in [-0.25, -0.2) is 4.98 Å². The number of rotatable bonds is 4. The molecule has 0 fully saturated rings. The monoisotopic (exact) mass is 879 g/mol.